The predicted octanol–water partition coefficient (Wildman–Crippen LogP) is 4.84. The highest BCUT2D eigenvalue weighted by Crippen LogP contribution is 2.22. The second kappa shape index (κ2) is 12.6. The van der Waals surface area contributed by atoms with E-state index in [1.54, 1.807) is 11.9 Å². The number of benzene rings is 2. The SMILES string of the molecule is CN(CCc1ccc(C2=NCCN2)cc1)C(=O)c1coc(CNC2CC2)n1.Cc1cc(Cl)c(C)cc1S. The van der Waals surface area contributed by atoms with Crippen molar-refractivity contribution in [3.8, 4) is 0 Å². The number of nitrogens with one attached hydrogen (secondary N) is 2. The van der Waals surface area contributed by atoms with Crippen molar-refractivity contribution >= 4 is 36.0 Å². The molecule has 5 rings (SSSR count). The number of nitrogens with zero attached hydrogens (tertiary/aromatic N) is 3. The van der Waals surface area contributed by atoms with Crippen LogP contribution in [0.2, 0.25) is 5.02 Å². The summed E-state index contributed by atoms with van der Waals surface area (Å²) >= 11 is 10.1. The van der Waals surface area contributed by atoms with Gasteiger partial charge in [-0.25, -0.2) is 4.98 Å². The van der Waals surface area contributed by atoms with Crippen molar-refractivity contribution in [2.75, 3.05) is 26.7 Å². The fourth-order valence-electron chi connectivity index (χ4n) is 3.79. The zero-order chi connectivity index (χ0) is 26.4. The molecule has 0 atom stereocenters. The highest BCUT2D eigenvalue weighted by molar-refractivity contribution is 7.80. The van der Waals surface area contributed by atoms with Gasteiger partial charge in [-0.05, 0) is 61.9 Å². The van der Waals surface area contributed by atoms with Crippen LogP contribution in [-0.4, -0.2) is 54.4 Å². The van der Waals surface area contributed by atoms with Gasteiger partial charge in [-0.2, -0.15) is 0 Å². The van der Waals surface area contributed by atoms with Gasteiger partial charge in [-0.15, -0.1) is 12.6 Å². The Labute approximate surface area is 229 Å². The van der Waals surface area contributed by atoms with E-state index in [1.807, 2.05) is 26.0 Å². The van der Waals surface area contributed by atoms with E-state index in [0.29, 0.717) is 30.7 Å². The Morgan fingerprint density at radius 1 is 1.22 bits per heavy atom. The van der Waals surface area contributed by atoms with Gasteiger partial charge in [0.25, 0.3) is 5.91 Å². The molecule has 0 saturated heterocycles. The Morgan fingerprint density at radius 3 is 2.62 bits per heavy atom. The Bertz CT molecular complexity index is 1200. The number of aryl methyl sites for hydroxylation is 2. The number of hydrogen-bond acceptors (Lipinski definition) is 7. The van der Waals surface area contributed by atoms with E-state index >= 15 is 0 Å². The van der Waals surface area contributed by atoms with E-state index in [-0.39, 0.29) is 5.91 Å². The van der Waals surface area contributed by atoms with Crippen LogP contribution in [0.15, 0.2) is 57.0 Å². The summed E-state index contributed by atoms with van der Waals surface area (Å²) in [6.45, 7) is 6.91. The van der Waals surface area contributed by atoms with Gasteiger partial charge in [-0.3, -0.25) is 9.79 Å². The summed E-state index contributed by atoms with van der Waals surface area (Å²) in [5, 5.41) is 7.42. The number of amidine groups is 1. The minimum absolute atomic E-state index is 0.113. The van der Waals surface area contributed by atoms with E-state index < -0.39 is 0 Å². The molecule has 0 radical (unpaired) electrons. The van der Waals surface area contributed by atoms with E-state index in [0.717, 1.165) is 52.0 Å². The van der Waals surface area contributed by atoms with Crippen molar-refractivity contribution in [1.29, 1.82) is 0 Å². The molecular weight excluding hydrogens is 506 g/mol. The van der Waals surface area contributed by atoms with E-state index in [9.17, 15) is 4.79 Å². The fraction of sp³-hybridized carbons (Fsp3) is 0.393. The predicted molar refractivity (Wildman–Crippen MR) is 151 cm³/mol. The Balaban J connectivity index is 0.000000270. The third kappa shape index (κ3) is 7.84. The van der Waals surface area contributed by atoms with Crippen molar-refractivity contribution in [3.05, 3.63) is 81.5 Å². The van der Waals surface area contributed by atoms with Crippen LogP contribution in [-0.2, 0) is 13.0 Å². The summed E-state index contributed by atoms with van der Waals surface area (Å²) in [5.41, 5.74) is 4.86. The highest BCUT2D eigenvalue weighted by Gasteiger charge is 2.22. The third-order valence-electron chi connectivity index (χ3n) is 6.35. The van der Waals surface area contributed by atoms with E-state index in [1.165, 1.54) is 24.7 Å². The monoisotopic (exact) mass is 539 g/mol. The molecule has 0 bridgehead atoms. The Hall–Kier alpha value is -2.81. The smallest absolute Gasteiger partial charge is 0.275 e. The standard InChI is InChI=1S/C20H25N5O2.C8H9ClS/c1-25(20(26)17-13-27-18(24-17)12-23-16-6-7-16)11-8-14-2-4-15(5-3-14)19-21-9-10-22-19;1-5-4-8(10)6(2)3-7(5)9/h2-5,13,16,23H,6-12H2,1H3,(H,21,22);3-4,10H,1-2H3. The van der Waals surface area contributed by atoms with Crippen molar-refractivity contribution in [3.63, 3.8) is 0 Å². The molecule has 9 heteroatoms. The second-order valence-electron chi connectivity index (χ2n) is 9.50. The number of amides is 1. The van der Waals surface area contributed by atoms with Crippen molar-refractivity contribution in [2.24, 2.45) is 4.99 Å². The van der Waals surface area contributed by atoms with Crippen LogP contribution in [0.5, 0.6) is 0 Å². The van der Waals surface area contributed by atoms with Gasteiger partial charge < -0.3 is 20.0 Å². The third-order valence-corrected chi connectivity index (χ3v) is 7.24. The largest absolute Gasteiger partial charge is 0.447 e. The average Bonchev–Trinajstić information content (AvgIpc) is 3.35. The maximum absolute atomic E-state index is 12.5. The summed E-state index contributed by atoms with van der Waals surface area (Å²) in [5.74, 6) is 1.42. The molecular formula is C28H34ClN5O2S. The van der Waals surface area contributed by atoms with Gasteiger partial charge in [-0.1, -0.05) is 35.9 Å². The van der Waals surface area contributed by atoms with Gasteiger partial charge in [0.15, 0.2) is 5.69 Å². The summed E-state index contributed by atoms with van der Waals surface area (Å²) in [6, 6.07) is 12.8. The molecule has 2 aromatic carbocycles. The number of likely N-dealkylation sites (N-methyl/N-ethyl adjacent to an activating group) is 1. The minimum atomic E-state index is -0.113. The topological polar surface area (TPSA) is 82.8 Å². The number of carbonyl (C=O) groups excluding carboxylic acids is 1. The molecule has 7 nitrogen and oxygen atoms in total. The number of halogens is 1. The number of hydrogen-bond donors (Lipinski definition) is 3. The van der Waals surface area contributed by atoms with Crippen LogP contribution in [0.4, 0.5) is 0 Å². The summed E-state index contributed by atoms with van der Waals surface area (Å²) < 4.78 is 5.40. The van der Waals surface area contributed by atoms with Gasteiger partial charge in [0.2, 0.25) is 5.89 Å². The molecule has 0 spiro atoms. The Morgan fingerprint density at radius 2 is 1.97 bits per heavy atom. The molecule has 1 amide bonds. The number of aliphatic imine (C=N–C) groups is 1. The first kappa shape index (κ1) is 27.2. The van der Waals surface area contributed by atoms with Gasteiger partial charge >= 0.3 is 0 Å². The number of oxazole rings is 1. The Kier molecular flexibility index (Phi) is 9.29. The van der Waals surface area contributed by atoms with E-state index in [2.05, 4.69) is 57.5 Å². The summed E-state index contributed by atoms with van der Waals surface area (Å²) in [4.78, 5) is 23.9. The van der Waals surface area contributed by atoms with Gasteiger partial charge in [0.1, 0.15) is 12.1 Å². The lowest BCUT2D eigenvalue weighted by molar-refractivity contribution is 0.0790. The van der Waals surface area contributed by atoms with Crippen LogP contribution in [0.3, 0.4) is 0 Å². The second-order valence-corrected chi connectivity index (χ2v) is 10.4. The number of thiol groups is 1. The molecule has 2 heterocycles. The number of carbonyl (C=O) groups is 1. The molecule has 0 unspecified atom stereocenters. The van der Waals surface area contributed by atoms with Gasteiger partial charge in [0, 0.05) is 41.7 Å². The molecule has 1 aliphatic heterocycles. The molecule has 2 N–H and O–H groups in total. The molecule has 1 saturated carbocycles. The molecule has 37 heavy (non-hydrogen) atoms. The summed E-state index contributed by atoms with van der Waals surface area (Å²) in [6.07, 6.45) is 4.66. The number of rotatable bonds is 8. The molecule has 1 aromatic heterocycles. The molecule has 2 aliphatic rings. The molecule has 3 aromatic rings. The lowest BCUT2D eigenvalue weighted by atomic mass is 10.1. The van der Waals surface area contributed by atoms with Crippen molar-refractivity contribution in [1.82, 2.24) is 20.5 Å². The maximum atomic E-state index is 12.5. The lowest BCUT2D eigenvalue weighted by Gasteiger charge is -2.15. The fourth-order valence-corrected chi connectivity index (χ4v) is 4.27. The normalized spacial score (nSPS) is 14.5. The van der Waals surface area contributed by atoms with Crippen LogP contribution in [0, 0.1) is 13.8 Å². The minimum Gasteiger partial charge on any atom is -0.447 e. The van der Waals surface area contributed by atoms with Crippen LogP contribution < -0.4 is 10.6 Å². The lowest BCUT2D eigenvalue weighted by Crippen LogP contribution is -2.29. The molecule has 1 fully saturated rings. The molecule has 196 valence electrons. The van der Waals surface area contributed by atoms with Crippen LogP contribution in [0.25, 0.3) is 0 Å². The first-order valence-electron chi connectivity index (χ1n) is 12.6. The first-order valence-corrected chi connectivity index (χ1v) is 13.4. The maximum Gasteiger partial charge on any atom is 0.275 e. The highest BCUT2D eigenvalue weighted by atomic mass is 35.5. The molecule has 1 aliphatic carbocycles. The van der Waals surface area contributed by atoms with Gasteiger partial charge in [0.05, 0.1) is 13.1 Å². The van der Waals surface area contributed by atoms with E-state index in [4.69, 9.17) is 16.0 Å². The summed E-state index contributed by atoms with van der Waals surface area (Å²) in [7, 11) is 1.80. The number of aromatic nitrogens is 1. The van der Waals surface area contributed by atoms with Crippen molar-refractivity contribution in [2.45, 2.75) is 50.6 Å². The van der Waals surface area contributed by atoms with Crippen LogP contribution in [0.1, 0.15) is 51.5 Å². The quantitative estimate of drug-likeness (QED) is 0.357. The van der Waals surface area contributed by atoms with Crippen molar-refractivity contribution < 1.29 is 9.21 Å². The zero-order valence-electron chi connectivity index (χ0n) is 21.6. The first-order chi connectivity index (χ1) is 17.8. The van der Waals surface area contributed by atoms with Crippen LogP contribution >= 0.6 is 24.2 Å². The zero-order valence-corrected chi connectivity index (χ0v) is 23.2. The average molecular weight is 540 g/mol.